The van der Waals surface area contributed by atoms with Gasteiger partial charge in [-0.3, -0.25) is 14.4 Å². The second kappa shape index (κ2) is 11.1. The van der Waals surface area contributed by atoms with E-state index in [1.165, 1.54) is 4.90 Å². The molecule has 9 heteroatoms. The fourth-order valence-electron chi connectivity index (χ4n) is 7.22. The molecule has 2 aromatic rings. The van der Waals surface area contributed by atoms with Crippen LogP contribution in [0.1, 0.15) is 50.7 Å². The van der Waals surface area contributed by atoms with E-state index >= 15 is 0 Å². The van der Waals surface area contributed by atoms with E-state index in [1.807, 2.05) is 57.2 Å². The van der Waals surface area contributed by atoms with Crippen molar-refractivity contribution < 1.29 is 24.2 Å². The highest BCUT2D eigenvalue weighted by Gasteiger charge is 2.79. The van der Waals surface area contributed by atoms with Crippen molar-refractivity contribution in [3.8, 4) is 0 Å². The van der Waals surface area contributed by atoms with E-state index in [1.54, 1.807) is 12.1 Å². The van der Waals surface area contributed by atoms with E-state index in [9.17, 15) is 19.5 Å². The van der Waals surface area contributed by atoms with Crippen LogP contribution in [0.3, 0.4) is 0 Å². The number of hydrogen-bond donors (Lipinski definition) is 3. The van der Waals surface area contributed by atoms with E-state index in [0.29, 0.717) is 42.9 Å². The summed E-state index contributed by atoms with van der Waals surface area (Å²) in [4.78, 5) is 43.9. The van der Waals surface area contributed by atoms with Gasteiger partial charge < -0.3 is 25.4 Å². The minimum atomic E-state index is -1.19. The highest BCUT2D eigenvalue weighted by Crippen LogP contribution is 2.64. The van der Waals surface area contributed by atoms with Crippen molar-refractivity contribution in [3.05, 3.63) is 64.7 Å². The predicted molar refractivity (Wildman–Crippen MR) is 153 cm³/mol. The number of anilines is 1. The number of nitrogens with one attached hydrogen (secondary N) is 2. The largest absolute Gasteiger partial charge is 0.394 e. The first kappa shape index (κ1) is 28.6. The van der Waals surface area contributed by atoms with Gasteiger partial charge in [0.15, 0.2) is 0 Å². The van der Waals surface area contributed by atoms with Crippen molar-refractivity contribution in [2.75, 3.05) is 18.5 Å². The first-order valence-electron chi connectivity index (χ1n) is 14.2. The number of aliphatic hydroxyl groups is 1. The Morgan fingerprint density at radius 1 is 1.12 bits per heavy atom. The Bertz CT molecular complexity index is 1270. The third-order valence-electron chi connectivity index (χ3n) is 9.09. The maximum Gasteiger partial charge on any atom is 0.250 e. The number of benzene rings is 2. The van der Waals surface area contributed by atoms with Gasteiger partial charge in [0.25, 0.3) is 0 Å². The number of aryl methyl sites for hydroxylation is 1. The third kappa shape index (κ3) is 4.50. The first-order valence-corrected chi connectivity index (χ1v) is 14.6. The Hall–Kier alpha value is -2.94. The average molecular weight is 568 g/mol. The molecule has 3 aliphatic heterocycles. The zero-order valence-corrected chi connectivity index (χ0v) is 24.0. The van der Waals surface area contributed by atoms with Crippen molar-refractivity contribution >= 4 is 35.0 Å². The monoisotopic (exact) mass is 567 g/mol. The molecule has 8 nitrogen and oxygen atoms in total. The lowest BCUT2D eigenvalue weighted by Gasteiger charge is -2.37. The quantitative estimate of drug-likeness (QED) is 0.404. The molecule has 3 N–H and O–H groups in total. The lowest BCUT2D eigenvalue weighted by Crippen LogP contribution is -2.57. The van der Waals surface area contributed by atoms with E-state index in [0.717, 1.165) is 17.5 Å². The van der Waals surface area contributed by atoms with Crippen LogP contribution in [0, 0.1) is 18.8 Å². The van der Waals surface area contributed by atoms with Gasteiger partial charge in [0, 0.05) is 6.54 Å². The first-order chi connectivity index (χ1) is 19.2. The van der Waals surface area contributed by atoms with E-state index in [2.05, 4.69) is 10.6 Å². The van der Waals surface area contributed by atoms with Gasteiger partial charge in [0.1, 0.15) is 11.6 Å². The maximum absolute atomic E-state index is 14.5. The number of halogens is 1. The fraction of sp³-hybridized carbons (Fsp3) is 0.516. The molecule has 0 aliphatic carbocycles. The number of ether oxygens (including phenoxy) is 1. The van der Waals surface area contributed by atoms with Crippen LogP contribution in [0.25, 0.3) is 0 Å². The molecule has 3 aliphatic rings. The molecule has 3 saturated heterocycles. The summed E-state index contributed by atoms with van der Waals surface area (Å²) in [6, 6.07) is 13.2. The third-order valence-corrected chi connectivity index (χ3v) is 9.40. The molecule has 0 aromatic heterocycles. The molecule has 40 heavy (non-hydrogen) atoms. The number of fused-ring (bicyclic) bond motifs is 1. The molecule has 2 unspecified atom stereocenters. The molecule has 2 aromatic carbocycles. The summed E-state index contributed by atoms with van der Waals surface area (Å²) in [6.45, 7) is 5.95. The molecule has 0 radical (unpaired) electrons. The van der Waals surface area contributed by atoms with Gasteiger partial charge in [-0.2, -0.15) is 0 Å². The smallest absolute Gasteiger partial charge is 0.250 e. The number of hydrogen-bond acceptors (Lipinski definition) is 5. The molecule has 5 rings (SSSR count). The van der Waals surface area contributed by atoms with E-state index in [-0.39, 0.29) is 18.4 Å². The number of amides is 3. The highest BCUT2D eigenvalue weighted by molar-refractivity contribution is 6.34. The fourth-order valence-corrected chi connectivity index (χ4v) is 7.49. The lowest BCUT2D eigenvalue weighted by molar-refractivity contribution is -0.149. The summed E-state index contributed by atoms with van der Waals surface area (Å²) >= 11 is 6.47. The van der Waals surface area contributed by atoms with Gasteiger partial charge in [-0.1, -0.05) is 67.9 Å². The van der Waals surface area contributed by atoms with E-state index in [4.69, 9.17) is 16.3 Å². The zero-order chi connectivity index (χ0) is 28.7. The molecule has 2 bridgehead atoms. The number of aliphatic hydroxyl groups excluding tert-OH is 1. The standard InChI is InChI=1S/C31H38ClN3O5/c1-4-16-33-27(37)23-24-29(39)35(21(18-36)17-20-11-7-6-8-12-20)26(31(24)15-14-30(23,5-2)40-31)28(38)34-25-19(3)10-9-13-22(25)32/h6-13,21,23-24,26,36H,4-5,14-18H2,1-3H3,(H,33,37)(H,34,38)/t21-,23-,24+,26?,30+,31?/m1/s1. The van der Waals surface area contributed by atoms with Crippen molar-refractivity contribution in [2.24, 2.45) is 11.8 Å². The Morgan fingerprint density at radius 2 is 1.88 bits per heavy atom. The summed E-state index contributed by atoms with van der Waals surface area (Å²) in [5, 5.41) is 17.0. The summed E-state index contributed by atoms with van der Waals surface area (Å²) in [6.07, 6.45) is 2.71. The van der Waals surface area contributed by atoms with Crippen molar-refractivity contribution in [1.29, 1.82) is 0 Å². The predicted octanol–water partition coefficient (Wildman–Crippen LogP) is 3.87. The summed E-state index contributed by atoms with van der Waals surface area (Å²) in [5.41, 5.74) is 0.173. The van der Waals surface area contributed by atoms with Crippen LogP contribution in [0.4, 0.5) is 5.69 Å². The molecule has 214 valence electrons. The molecule has 3 fully saturated rings. The number of carbonyl (C=O) groups is 3. The Morgan fingerprint density at radius 3 is 2.52 bits per heavy atom. The minimum Gasteiger partial charge on any atom is -0.394 e. The van der Waals surface area contributed by atoms with Crippen LogP contribution in [-0.2, 0) is 25.5 Å². The second-order valence-corrected chi connectivity index (χ2v) is 11.7. The van der Waals surface area contributed by atoms with Crippen LogP contribution >= 0.6 is 11.6 Å². The number of likely N-dealkylation sites (tertiary alicyclic amines) is 1. The average Bonchev–Trinajstić information content (AvgIpc) is 3.56. The highest BCUT2D eigenvalue weighted by atomic mass is 35.5. The molecule has 3 heterocycles. The Kier molecular flexibility index (Phi) is 7.97. The number of rotatable bonds is 10. The summed E-state index contributed by atoms with van der Waals surface area (Å²) in [5.74, 6) is -2.51. The van der Waals surface area contributed by atoms with Gasteiger partial charge in [-0.05, 0) is 56.2 Å². The van der Waals surface area contributed by atoms with Crippen LogP contribution < -0.4 is 10.6 Å². The SMILES string of the molecule is CCCNC(=O)[C@H]1[C@H]2C(=O)N([C@@H](CO)Cc3ccccc3)C(C(=O)Nc3c(C)cccc3Cl)C23CC[C@]1(CC)O3. The number of carbonyl (C=O) groups excluding carboxylic acids is 3. The van der Waals surface area contributed by atoms with Crippen LogP contribution in [-0.4, -0.2) is 64.2 Å². The van der Waals surface area contributed by atoms with Crippen molar-refractivity contribution in [1.82, 2.24) is 10.2 Å². The van der Waals surface area contributed by atoms with Crippen molar-refractivity contribution in [2.45, 2.75) is 76.2 Å². The van der Waals surface area contributed by atoms with Gasteiger partial charge in [0.05, 0.1) is 40.8 Å². The normalized spacial score (nSPS) is 29.4. The van der Waals surface area contributed by atoms with Crippen LogP contribution in [0.2, 0.25) is 5.02 Å². The van der Waals surface area contributed by atoms with Gasteiger partial charge in [0.2, 0.25) is 17.7 Å². The topological polar surface area (TPSA) is 108 Å². The lowest BCUT2D eigenvalue weighted by atomic mass is 9.65. The molecule has 1 spiro atoms. The van der Waals surface area contributed by atoms with Gasteiger partial charge in [-0.15, -0.1) is 0 Å². The van der Waals surface area contributed by atoms with Crippen molar-refractivity contribution in [3.63, 3.8) is 0 Å². The number of para-hydroxylation sites is 1. The molecule has 3 amide bonds. The molecule has 6 atom stereocenters. The Labute approximate surface area is 240 Å². The molecular weight excluding hydrogens is 530 g/mol. The maximum atomic E-state index is 14.5. The summed E-state index contributed by atoms with van der Waals surface area (Å²) in [7, 11) is 0. The molecule has 0 saturated carbocycles. The Balaban J connectivity index is 1.59. The summed E-state index contributed by atoms with van der Waals surface area (Å²) < 4.78 is 6.81. The second-order valence-electron chi connectivity index (χ2n) is 11.3. The minimum absolute atomic E-state index is 0.213. The zero-order valence-electron chi connectivity index (χ0n) is 23.3. The van der Waals surface area contributed by atoms with Gasteiger partial charge >= 0.3 is 0 Å². The molecular formula is C31H38ClN3O5. The van der Waals surface area contributed by atoms with E-state index < -0.39 is 41.0 Å². The van der Waals surface area contributed by atoms with Crippen LogP contribution in [0.15, 0.2) is 48.5 Å². The van der Waals surface area contributed by atoms with Crippen LogP contribution in [0.5, 0.6) is 0 Å². The van der Waals surface area contributed by atoms with Gasteiger partial charge in [-0.25, -0.2) is 0 Å². The number of nitrogens with zero attached hydrogens (tertiary/aromatic N) is 1.